The number of carbonyl (C=O) groups excluding carboxylic acids is 1. The Hall–Kier alpha value is -2.81. The summed E-state index contributed by atoms with van der Waals surface area (Å²) in [5, 5.41) is 2.93. The maximum absolute atomic E-state index is 13.2. The highest BCUT2D eigenvalue weighted by molar-refractivity contribution is 7.98. The minimum Gasteiger partial charge on any atom is -0.496 e. The fourth-order valence-corrected chi connectivity index (χ4v) is 6.59. The molecule has 1 aliphatic heterocycles. The molecular weight excluding hydrogens is 492 g/mol. The highest BCUT2D eigenvalue weighted by Crippen LogP contribution is 2.29. The van der Waals surface area contributed by atoms with Crippen molar-refractivity contribution in [2.45, 2.75) is 42.2 Å². The minimum atomic E-state index is -3.69. The molecule has 1 heterocycles. The zero-order valence-corrected chi connectivity index (χ0v) is 22.5. The largest absolute Gasteiger partial charge is 0.496 e. The quantitative estimate of drug-likeness (QED) is 0.368. The third kappa shape index (κ3) is 6.11. The van der Waals surface area contributed by atoms with Gasteiger partial charge in [0.05, 0.1) is 17.6 Å². The lowest BCUT2D eigenvalue weighted by Gasteiger charge is -2.29. The van der Waals surface area contributed by atoms with Crippen LogP contribution in [0.25, 0.3) is 0 Å². The molecule has 6 nitrogen and oxygen atoms in total. The summed E-state index contributed by atoms with van der Waals surface area (Å²) in [5.74, 6) is 1.25. The minimum absolute atomic E-state index is 0.105. The maximum Gasteiger partial charge on any atom is 0.259 e. The number of methoxy groups -OCH3 is 1. The number of nitrogens with one attached hydrogen (secondary N) is 1. The first-order chi connectivity index (χ1) is 17.3. The van der Waals surface area contributed by atoms with Crippen LogP contribution < -0.4 is 10.1 Å². The van der Waals surface area contributed by atoms with Crippen molar-refractivity contribution in [3.63, 3.8) is 0 Å². The highest BCUT2D eigenvalue weighted by Gasteiger charge is 2.29. The van der Waals surface area contributed by atoms with Gasteiger partial charge in [0.2, 0.25) is 10.0 Å². The normalized spacial score (nSPS) is 15.0. The third-order valence-electron chi connectivity index (χ3n) is 6.48. The van der Waals surface area contributed by atoms with Gasteiger partial charge in [-0.2, -0.15) is 4.31 Å². The molecule has 36 heavy (non-hydrogen) atoms. The van der Waals surface area contributed by atoms with E-state index in [1.165, 1.54) is 28.4 Å². The summed E-state index contributed by atoms with van der Waals surface area (Å²) in [6.07, 6.45) is 1.67. The van der Waals surface area contributed by atoms with Crippen LogP contribution in [0, 0.1) is 12.8 Å². The molecule has 0 atom stereocenters. The number of hydrogen-bond donors (Lipinski definition) is 1. The summed E-state index contributed by atoms with van der Waals surface area (Å²) in [4.78, 5) is 14.5. The number of rotatable bonds is 8. The first-order valence-electron chi connectivity index (χ1n) is 12.0. The van der Waals surface area contributed by atoms with Crippen molar-refractivity contribution in [1.82, 2.24) is 4.31 Å². The van der Waals surface area contributed by atoms with Crippen LogP contribution in [0.5, 0.6) is 5.75 Å². The Labute approximate surface area is 218 Å². The predicted octanol–water partition coefficient (Wildman–Crippen LogP) is 5.97. The van der Waals surface area contributed by atoms with Gasteiger partial charge in [-0.05, 0) is 73.2 Å². The summed E-state index contributed by atoms with van der Waals surface area (Å²) >= 11 is 1.75. The van der Waals surface area contributed by atoms with Crippen molar-refractivity contribution in [2.75, 3.05) is 25.5 Å². The van der Waals surface area contributed by atoms with Crippen LogP contribution in [-0.4, -0.2) is 38.8 Å². The van der Waals surface area contributed by atoms with Crippen molar-refractivity contribution in [3.8, 4) is 5.75 Å². The van der Waals surface area contributed by atoms with Gasteiger partial charge in [-0.25, -0.2) is 8.42 Å². The highest BCUT2D eigenvalue weighted by atomic mass is 32.2. The molecule has 190 valence electrons. The lowest BCUT2D eigenvalue weighted by atomic mass is 10.0. The Morgan fingerprint density at radius 3 is 2.44 bits per heavy atom. The predicted molar refractivity (Wildman–Crippen MR) is 145 cm³/mol. The molecule has 0 radical (unpaired) electrons. The molecule has 8 heteroatoms. The summed E-state index contributed by atoms with van der Waals surface area (Å²) in [5.41, 5.74) is 2.95. The lowest BCUT2D eigenvalue weighted by molar-refractivity contribution is 0.102. The van der Waals surface area contributed by atoms with E-state index in [2.05, 4.69) is 30.4 Å². The number of nitrogens with zero attached hydrogens (tertiary/aromatic N) is 1. The molecule has 1 aliphatic rings. The number of benzene rings is 3. The van der Waals surface area contributed by atoms with E-state index >= 15 is 0 Å². The fraction of sp³-hybridized carbons (Fsp3) is 0.321. The van der Waals surface area contributed by atoms with Crippen LogP contribution >= 0.6 is 11.8 Å². The van der Waals surface area contributed by atoms with E-state index in [9.17, 15) is 13.2 Å². The van der Waals surface area contributed by atoms with Gasteiger partial charge in [-0.1, -0.05) is 37.3 Å². The van der Waals surface area contributed by atoms with E-state index in [4.69, 9.17) is 4.74 Å². The SMILES string of the molecule is COc1ccc(S(=O)(=O)N2CCC(C)CC2)cc1C(=O)Nc1ccc(CSc2ccccc2)cc1C. The number of sulfonamides is 1. The summed E-state index contributed by atoms with van der Waals surface area (Å²) in [7, 11) is -2.22. The second kappa shape index (κ2) is 11.5. The van der Waals surface area contributed by atoms with Crippen LogP contribution in [0.2, 0.25) is 0 Å². The molecule has 1 fully saturated rings. The molecule has 0 aliphatic carbocycles. The van der Waals surface area contributed by atoms with Gasteiger partial charge >= 0.3 is 0 Å². The van der Waals surface area contributed by atoms with Crippen molar-refractivity contribution >= 4 is 33.4 Å². The molecule has 1 saturated heterocycles. The van der Waals surface area contributed by atoms with Crippen molar-refractivity contribution in [3.05, 3.63) is 83.4 Å². The number of hydrogen-bond acceptors (Lipinski definition) is 5. The second-order valence-electron chi connectivity index (χ2n) is 9.15. The molecule has 1 N–H and O–H groups in total. The number of aryl methyl sites for hydroxylation is 1. The maximum atomic E-state index is 13.2. The molecule has 0 saturated carbocycles. The van der Waals surface area contributed by atoms with Crippen molar-refractivity contribution in [2.24, 2.45) is 5.92 Å². The Bertz CT molecular complexity index is 1320. The first-order valence-corrected chi connectivity index (χ1v) is 14.5. The van der Waals surface area contributed by atoms with E-state index in [1.54, 1.807) is 17.8 Å². The van der Waals surface area contributed by atoms with E-state index < -0.39 is 15.9 Å². The van der Waals surface area contributed by atoms with Gasteiger partial charge in [0.15, 0.2) is 0 Å². The molecule has 0 bridgehead atoms. The zero-order valence-electron chi connectivity index (χ0n) is 20.9. The Kier molecular flexibility index (Phi) is 8.39. The zero-order chi connectivity index (χ0) is 25.7. The molecule has 3 aromatic carbocycles. The number of piperidine rings is 1. The smallest absolute Gasteiger partial charge is 0.259 e. The number of anilines is 1. The average molecular weight is 525 g/mol. The van der Waals surface area contributed by atoms with Gasteiger partial charge in [-0.3, -0.25) is 4.79 Å². The van der Waals surface area contributed by atoms with E-state index in [0.29, 0.717) is 30.4 Å². The lowest BCUT2D eigenvalue weighted by Crippen LogP contribution is -2.37. The number of carbonyl (C=O) groups is 1. The van der Waals surface area contributed by atoms with E-state index in [1.807, 2.05) is 37.3 Å². The number of ether oxygens (including phenoxy) is 1. The summed E-state index contributed by atoms with van der Waals surface area (Å²) in [6.45, 7) is 5.06. The number of thioether (sulfide) groups is 1. The Morgan fingerprint density at radius 1 is 1.06 bits per heavy atom. The van der Waals surface area contributed by atoms with Crippen LogP contribution in [0.1, 0.15) is 41.3 Å². The van der Waals surface area contributed by atoms with Gasteiger partial charge in [-0.15, -0.1) is 11.8 Å². The molecule has 0 aromatic heterocycles. The van der Waals surface area contributed by atoms with Crippen LogP contribution in [0.4, 0.5) is 5.69 Å². The molecular formula is C28H32N2O4S2. The standard InChI is InChI=1S/C28H32N2O4S2/c1-20-13-15-30(16-14-20)36(32,33)24-10-12-27(34-3)25(18-24)28(31)29-26-11-9-22(17-21(26)2)19-35-23-7-5-4-6-8-23/h4-12,17-18,20H,13-16,19H2,1-3H3,(H,29,31). The molecule has 0 unspecified atom stereocenters. The van der Waals surface area contributed by atoms with Gasteiger partial charge in [0, 0.05) is 29.4 Å². The second-order valence-corrected chi connectivity index (χ2v) is 12.1. The van der Waals surface area contributed by atoms with Gasteiger partial charge in [0.25, 0.3) is 5.91 Å². The summed E-state index contributed by atoms with van der Waals surface area (Å²) in [6, 6.07) is 20.6. The van der Waals surface area contributed by atoms with Gasteiger partial charge < -0.3 is 10.1 Å². The van der Waals surface area contributed by atoms with Crippen molar-refractivity contribution < 1.29 is 17.9 Å². The average Bonchev–Trinajstić information content (AvgIpc) is 2.89. The molecule has 0 spiro atoms. The Morgan fingerprint density at radius 2 is 1.78 bits per heavy atom. The van der Waals surface area contributed by atoms with Crippen LogP contribution in [0.15, 0.2) is 76.5 Å². The van der Waals surface area contributed by atoms with E-state index in [-0.39, 0.29) is 10.5 Å². The first kappa shape index (κ1) is 26.3. The monoisotopic (exact) mass is 524 g/mol. The van der Waals surface area contributed by atoms with E-state index in [0.717, 1.165) is 29.7 Å². The number of amides is 1. The van der Waals surface area contributed by atoms with Crippen LogP contribution in [0.3, 0.4) is 0 Å². The van der Waals surface area contributed by atoms with Crippen LogP contribution in [-0.2, 0) is 15.8 Å². The third-order valence-corrected chi connectivity index (χ3v) is 9.46. The molecule has 3 aromatic rings. The van der Waals surface area contributed by atoms with Crippen molar-refractivity contribution in [1.29, 1.82) is 0 Å². The Balaban J connectivity index is 1.50. The topological polar surface area (TPSA) is 75.7 Å². The fourth-order valence-electron chi connectivity index (χ4n) is 4.23. The van der Waals surface area contributed by atoms with Gasteiger partial charge in [0.1, 0.15) is 5.75 Å². The molecule has 4 rings (SSSR count). The summed E-state index contributed by atoms with van der Waals surface area (Å²) < 4.78 is 33.4. The molecule has 1 amide bonds.